The van der Waals surface area contributed by atoms with Crippen molar-refractivity contribution in [2.24, 2.45) is 21.7 Å². The number of nitrogens with zero attached hydrogens (tertiary/aromatic N) is 1. The van der Waals surface area contributed by atoms with E-state index in [0.29, 0.717) is 18.1 Å². The highest BCUT2D eigenvalue weighted by molar-refractivity contribution is 14.0. The van der Waals surface area contributed by atoms with Crippen LogP contribution >= 0.6 is 24.0 Å². The van der Waals surface area contributed by atoms with Gasteiger partial charge in [-0.15, -0.1) is 24.0 Å². The van der Waals surface area contributed by atoms with Gasteiger partial charge in [0.05, 0.1) is 6.10 Å². The summed E-state index contributed by atoms with van der Waals surface area (Å²) in [4.78, 5) is 4.45. The fourth-order valence-corrected chi connectivity index (χ4v) is 4.49. The third-order valence-corrected chi connectivity index (χ3v) is 5.88. The summed E-state index contributed by atoms with van der Waals surface area (Å²) in [5.41, 5.74) is 1.70. The molecule has 2 N–H and O–H groups in total. The van der Waals surface area contributed by atoms with Gasteiger partial charge in [0.2, 0.25) is 0 Å². The van der Waals surface area contributed by atoms with Gasteiger partial charge >= 0.3 is 0 Å². The highest BCUT2D eigenvalue weighted by Crippen LogP contribution is 2.52. The van der Waals surface area contributed by atoms with Crippen molar-refractivity contribution in [3.63, 3.8) is 0 Å². The minimum Gasteiger partial charge on any atom is -0.377 e. The van der Waals surface area contributed by atoms with Crippen molar-refractivity contribution in [3.05, 3.63) is 35.9 Å². The summed E-state index contributed by atoms with van der Waals surface area (Å²) in [6, 6.07) is 11.1. The zero-order valence-electron chi connectivity index (χ0n) is 16.7. The summed E-state index contributed by atoms with van der Waals surface area (Å²) >= 11 is 0. The smallest absolute Gasteiger partial charge is 0.191 e. The molecule has 2 aliphatic rings. The Morgan fingerprint density at radius 2 is 1.96 bits per heavy atom. The third kappa shape index (κ3) is 4.53. The average molecular weight is 471 g/mol. The van der Waals surface area contributed by atoms with Gasteiger partial charge in [0.25, 0.3) is 0 Å². The molecule has 26 heavy (non-hydrogen) atoms. The lowest BCUT2D eigenvalue weighted by molar-refractivity contribution is -0.106. The second-order valence-corrected chi connectivity index (χ2v) is 8.94. The molecular weight excluding hydrogens is 437 g/mol. The van der Waals surface area contributed by atoms with Gasteiger partial charge < -0.3 is 15.4 Å². The SMILES string of the molecule is CN=C(NCC(C)(C)Cc1ccccc1)NC1C2CCOC2C1(C)C.I. The number of benzene rings is 1. The van der Waals surface area contributed by atoms with Crippen LogP contribution in [-0.2, 0) is 11.2 Å². The fourth-order valence-electron chi connectivity index (χ4n) is 4.49. The van der Waals surface area contributed by atoms with E-state index in [1.807, 2.05) is 7.05 Å². The van der Waals surface area contributed by atoms with Crippen molar-refractivity contribution in [2.45, 2.75) is 52.7 Å². The molecule has 1 aromatic carbocycles. The second-order valence-electron chi connectivity index (χ2n) is 8.94. The van der Waals surface area contributed by atoms with Crippen molar-refractivity contribution in [1.29, 1.82) is 0 Å². The van der Waals surface area contributed by atoms with Crippen molar-refractivity contribution in [1.82, 2.24) is 10.6 Å². The molecule has 1 aliphatic heterocycles. The van der Waals surface area contributed by atoms with Crippen molar-refractivity contribution in [2.75, 3.05) is 20.2 Å². The first-order chi connectivity index (χ1) is 11.8. The molecule has 1 aliphatic carbocycles. The monoisotopic (exact) mass is 471 g/mol. The topological polar surface area (TPSA) is 45.7 Å². The summed E-state index contributed by atoms with van der Waals surface area (Å²) in [5.74, 6) is 1.52. The number of halogens is 1. The van der Waals surface area contributed by atoms with Crippen LogP contribution in [-0.4, -0.2) is 38.3 Å². The molecule has 1 saturated heterocycles. The first-order valence-electron chi connectivity index (χ1n) is 9.46. The third-order valence-electron chi connectivity index (χ3n) is 5.88. The van der Waals surface area contributed by atoms with Crippen LogP contribution in [0.15, 0.2) is 35.3 Å². The number of guanidine groups is 1. The predicted octanol–water partition coefficient (Wildman–Crippen LogP) is 3.85. The molecule has 3 rings (SSSR count). The van der Waals surface area contributed by atoms with Crippen LogP contribution in [0.3, 0.4) is 0 Å². The molecule has 3 unspecified atom stereocenters. The van der Waals surface area contributed by atoms with Gasteiger partial charge in [-0.2, -0.15) is 0 Å². The molecule has 0 radical (unpaired) electrons. The van der Waals surface area contributed by atoms with Crippen molar-refractivity contribution >= 4 is 29.9 Å². The minimum atomic E-state index is 0. The van der Waals surface area contributed by atoms with Gasteiger partial charge in [-0.05, 0) is 23.8 Å². The van der Waals surface area contributed by atoms with E-state index in [0.717, 1.165) is 32.0 Å². The lowest BCUT2D eigenvalue weighted by atomic mass is 9.57. The molecule has 146 valence electrons. The molecule has 1 heterocycles. The second kappa shape index (κ2) is 8.46. The van der Waals surface area contributed by atoms with Crippen molar-refractivity contribution in [3.8, 4) is 0 Å². The molecule has 0 aromatic heterocycles. The van der Waals surface area contributed by atoms with Crippen molar-refractivity contribution < 1.29 is 4.74 Å². The number of ether oxygens (including phenoxy) is 1. The van der Waals surface area contributed by atoms with Crippen LogP contribution in [0.4, 0.5) is 0 Å². The maximum Gasteiger partial charge on any atom is 0.191 e. The van der Waals surface area contributed by atoms with Crippen LogP contribution in [0.1, 0.15) is 39.7 Å². The Hall–Kier alpha value is -0.820. The van der Waals surface area contributed by atoms with E-state index in [1.165, 1.54) is 5.56 Å². The summed E-state index contributed by atoms with van der Waals surface area (Å²) in [6.07, 6.45) is 2.60. The number of nitrogens with one attached hydrogen (secondary N) is 2. The van der Waals surface area contributed by atoms with Gasteiger partial charge in [-0.1, -0.05) is 58.0 Å². The Balaban J connectivity index is 0.00000243. The average Bonchev–Trinajstić information content (AvgIpc) is 3.02. The summed E-state index contributed by atoms with van der Waals surface area (Å²) < 4.78 is 5.89. The Labute approximate surface area is 175 Å². The number of hydrogen-bond acceptors (Lipinski definition) is 2. The molecular formula is C21H34IN3O. The molecule has 0 spiro atoms. The molecule has 4 nitrogen and oxygen atoms in total. The lowest BCUT2D eigenvalue weighted by Gasteiger charge is -2.55. The number of aliphatic imine (C=N–C) groups is 1. The Bertz CT molecular complexity index is 615. The zero-order chi connectivity index (χ0) is 18.1. The van der Waals surface area contributed by atoms with Crippen LogP contribution in [0.2, 0.25) is 0 Å². The van der Waals surface area contributed by atoms with Gasteiger partial charge in [-0.3, -0.25) is 4.99 Å². The van der Waals surface area contributed by atoms with E-state index in [9.17, 15) is 0 Å². The minimum absolute atomic E-state index is 0. The van der Waals surface area contributed by atoms with Crippen LogP contribution in [0, 0.1) is 16.7 Å². The Morgan fingerprint density at radius 3 is 2.62 bits per heavy atom. The Morgan fingerprint density at radius 1 is 1.27 bits per heavy atom. The van der Waals surface area contributed by atoms with E-state index in [4.69, 9.17) is 4.74 Å². The number of hydrogen-bond donors (Lipinski definition) is 2. The highest BCUT2D eigenvalue weighted by atomic mass is 127. The van der Waals surface area contributed by atoms with E-state index in [1.54, 1.807) is 0 Å². The standard InChI is InChI=1S/C21H33N3O.HI/c1-20(2,13-15-9-7-6-8-10-15)14-23-19(22-5)24-17-16-11-12-25-18(16)21(17,3)4;/h6-10,16-18H,11-14H2,1-5H3,(H2,22,23,24);1H. The van der Waals surface area contributed by atoms with E-state index in [-0.39, 0.29) is 34.8 Å². The lowest BCUT2D eigenvalue weighted by Crippen LogP contribution is -2.68. The van der Waals surface area contributed by atoms with Gasteiger partial charge in [0.15, 0.2) is 5.96 Å². The summed E-state index contributed by atoms with van der Waals surface area (Å²) in [7, 11) is 1.85. The first kappa shape index (κ1) is 21.5. The van der Waals surface area contributed by atoms with Gasteiger partial charge in [0, 0.05) is 37.6 Å². The quantitative estimate of drug-likeness (QED) is 0.390. The van der Waals surface area contributed by atoms with E-state index < -0.39 is 0 Å². The number of fused-ring (bicyclic) bond motifs is 1. The van der Waals surface area contributed by atoms with Gasteiger partial charge in [-0.25, -0.2) is 0 Å². The molecule has 1 aromatic rings. The summed E-state index contributed by atoms with van der Waals surface area (Å²) in [6.45, 7) is 11.0. The maximum atomic E-state index is 5.89. The fraction of sp³-hybridized carbons (Fsp3) is 0.667. The van der Waals surface area contributed by atoms with E-state index >= 15 is 0 Å². The van der Waals surface area contributed by atoms with Crippen LogP contribution in [0.25, 0.3) is 0 Å². The molecule has 5 heteroatoms. The highest BCUT2D eigenvalue weighted by Gasteiger charge is 2.59. The van der Waals surface area contributed by atoms with E-state index in [2.05, 4.69) is 73.7 Å². The predicted molar refractivity (Wildman–Crippen MR) is 119 cm³/mol. The molecule has 2 fully saturated rings. The maximum absolute atomic E-state index is 5.89. The molecule has 3 atom stereocenters. The molecule has 1 saturated carbocycles. The zero-order valence-corrected chi connectivity index (χ0v) is 19.0. The normalized spacial score (nSPS) is 27.1. The van der Waals surface area contributed by atoms with Crippen LogP contribution < -0.4 is 10.6 Å². The Kier molecular flexibility index (Phi) is 6.99. The largest absolute Gasteiger partial charge is 0.377 e. The summed E-state index contributed by atoms with van der Waals surface area (Å²) in [5, 5.41) is 7.20. The first-order valence-corrected chi connectivity index (χ1v) is 9.46. The molecule has 0 amide bonds. The number of rotatable bonds is 5. The molecule has 0 bridgehead atoms. The van der Waals surface area contributed by atoms with Gasteiger partial charge in [0.1, 0.15) is 0 Å². The van der Waals surface area contributed by atoms with Crippen LogP contribution in [0.5, 0.6) is 0 Å².